The monoisotopic (exact) mass is 253 g/mol. The number of nitrogens with one attached hydrogen (secondary N) is 1. The molecule has 0 bridgehead atoms. The van der Waals surface area contributed by atoms with Crippen molar-refractivity contribution in [2.24, 2.45) is 5.73 Å². The number of hydrogen-bond donors (Lipinski definition) is 2. The first kappa shape index (κ1) is 13.8. The molecule has 104 valence electrons. The van der Waals surface area contributed by atoms with Gasteiger partial charge in [-0.3, -0.25) is 9.69 Å². The van der Waals surface area contributed by atoms with Crippen LogP contribution < -0.4 is 11.1 Å². The van der Waals surface area contributed by atoms with Crippen LogP contribution in [-0.2, 0) is 4.79 Å². The maximum atomic E-state index is 12.2. The number of likely N-dealkylation sites (tertiary alicyclic amines) is 1. The number of nitrogens with two attached hydrogens (primary N) is 1. The first-order chi connectivity index (χ1) is 8.62. The van der Waals surface area contributed by atoms with E-state index in [9.17, 15) is 4.79 Å². The summed E-state index contributed by atoms with van der Waals surface area (Å²) in [6.07, 6.45) is 7.67. The van der Waals surface area contributed by atoms with E-state index in [1.54, 1.807) is 0 Å². The lowest BCUT2D eigenvalue weighted by molar-refractivity contribution is -0.127. The zero-order valence-electron chi connectivity index (χ0n) is 11.6. The SMILES string of the molecule is CC(CNC(=O)C1(N)CCCCC1)N1CCCC1. The fraction of sp³-hybridized carbons (Fsp3) is 0.929. The lowest BCUT2D eigenvalue weighted by atomic mass is 9.82. The average Bonchev–Trinajstić information content (AvgIpc) is 2.90. The number of amides is 1. The number of rotatable bonds is 4. The number of nitrogens with zero attached hydrogens (tertiary/aromatic N) is 1. The Morgan fingerprint density at radius 3 is 2.44 bits per heavy atom. The Morgan fingerprint density at radius 2 is 1.83 bits per heavy atom. The molecule has 2 rings (SSSR count). The van der Waals surface area contributed by atoms with Gasteiger partial charge in [-0.05, 0) is 45.7 Å². The number of carbonyl (C=O) groups is 1. The lowest BCUT2D eigenvalue weighted by Gasteiger charge is -2.33. The zero-order chi connectivity index (χ0) is 13.0. The van der Waals surface area contributed by atoms with Crippen molar-refractivity contribution in [1.29, 1.82) is 0 Å². The minimum Gasteiger partial charge on any atom is -0.353 e. The highest BCUT2D eigenvalue weighted by molar-refractivity contribution is 5.86. The zero-order valence-corrected chi connectivity index (χ0v) is 11.6. The van der Waals surface area contributed by atoms with Gasteiger partial charge in [0.1, 0.15) is 0 Å². The topological polar surface area (TPSA) is 58.4 Å². The standard InChI is InChI=1S/C14H27N3O/c1-12(17-9-5-6-10-17)11-16-13(18)14(15)7-3-2-4-8-14/h12H,2-11,15H2,1H3,(H,16,18). The highest BCUT2D eigenvalue weighted by Crippen LogP contribution is 2.25. The second kappa shape index (κ2) is 6.02. The van der Waals surface area contributed by atoms with E-state index in [-0.39, 0.29) is 5.91 Å². The van der Waals surface area contributed by atoms with Crippen LogP contribution in [0, 0.1) is 0 Å². The van der Waals surface area contributed by atoms with E-state index in [4.69, 9.17) is 5.73 Å². The van der Waals surface area contributed by atoms with Gasteiger partial charge in [0.2, 0.25) is 5.91 Å². The maximum Gasteiger partial charge on any atom is 0.240 e. The van der Waals surface area contributed by atoms with E-state index < -0.39 is 5.54 Å². The Balaban J connectivity index is 1.76. The summed E-state index contributed by atoms with van der Waals surface area (Å²) in [6.45, 7) is 5.27. The van der Waals surface area contributed by atoms with Crippen LogP contribution in [0.15, 0.2) is 0 Å². The normalized spacial score (nSPS) is 25.9. The minimum absolute atomic E-state index is 0.0632. The third-order valence-electron chi connectivity index (χ3n) is 4.52. The van der Waals surface area contributed by atoms with Crippen LogP contribution in [-0.4, -0.2) is 42.0 Å². The molecule has 0 radical (unpaired) electrons. The van der Waals surface area contributed by atoms with Gasteiger partial charge >= 0.3 is 0 Å². The second-order valence-electron chi connectivity index (χ2n) is 6.02. The Morgan fingerprint density at radius 1 is 1.22 bits per heavy atom. The molecular weight excluding hydrogens is 226 g/mol. The molecule has 2 aliphatic rings. The predicted molar refractivity (Wildman–Crippen MR) is 73.3 cm³/mol. The van der Waals surface area contributed by atoms with Crippen molar-refractivity contribution in [2.45, 2.75) is 63.5 Å². The molecule has 1 atom stereocenters. The summed E-state index contributed by atoms with van der Waals surface area (Å²) in [5, 5.41) is 3.06. The fourth-order valence-electron chi connectivity index (χ4n) is 3.14. The van der Waals surface area contributed by atoms with Crippen molar-refractivity contribution < 1.29 is 4.79 Å². The summed E-state index contributed by atoms with van der Waals surface area (Å²) in [5.41, 5.74) is 5.62. The van der Waals surface area contributed by atoms with Gasteiger partial charge < -0.3 is 11.1 Å². The minimum atomic E-state index is -0.594. The first-order valence-electron chi connectivity index (χ1n) is 7.43. The van der Waals surface area contributed by atoms with Crippen molar-refractivity contribution in [3.8, 4) is 0 Å². The molecule has 0 aromatic rings. The molecule has 1 aliphatic heterocycles. The molecule has 0 spiro atoms. The van der Waals surface area contributed by atoms with Crippen molar-refractivity contribution in [1.82, 2.24) is 10.2 Å². The molecule has 0 aromatic heterocycles. The van der Waals surface area contributed by atoms with Crippen molar-refractivity contribution in [3.05, 3.63) is 0 Å². The largest absolute Gasteiger partial charge is 0.353 e. The van der Waals surface area contributed by atoms with Crippen LogP contribution in [0.25, 0.3) is 0 Å². The van der Waals surface area contributed by atoms with Crippen LogP contribution >= 0.6 is 0 Å². The molecule has 3 N–H and O–H groups in total. The average molecular weight is 253 g/mol. The maximum absolute atomic E-state index is 12.2. The molecule has 4 nitrogen and oxygen atoms in total. The molecule has 1 unspecified atom stereocenters. The quantitative estimate of drug-likeness (QED) is 0.793. The molecule has 4 heteroatoms. The fourth-order valence-corrected chi connectivity index (χ4v) is 3.14. The molecular formula is C14H27N3O. The lowest BCUT2D eigenvalue weighted by Crippen LogP contribution is -2.56. The van der Waals surface area contributed by atoms with Gasteiger partial charge in [-0.15, -0.1) is 0 Å². The Hall–Kier alpha value is -0.610. The van der Waals surface area contributed by atoms with Crippen molar-refractivity contribution in [2.75, 3.05) is 19.6 Å². The third kappa shape index (κ3) is 3.23. The van der Waals surface area contributed by atoms with Gasteiger partial charge in [0, 0.05) is 12.6 Å². The van der Waals surface area contributed by atoms with Gasteiger partial charge in [0.05, 0.1) is 5.54 Å². The number of hydrogen-bond acceptors (Lipinski definition) is 3. The summed E-state index contributed by atoms with van der Waals surface area (Å²) in [7, 11) is 0. The van der Waals surface area contributed by atoms with Gasteiger partial charge in [0.25, 0.3) is 0 Å². The smallest absolute Gasteiger partial charge is 0.240 e. The molecule has 2 fully saturated rings. The van der Waals surface area contributed by atoms with Crippen LogP contribution in [0.1, 0.15) is 51.9 Å². The molecule has 1 saturated heterocycles. The summed E-state index contributed by atoms with van der Waals surface area (Å²) >= 11 is 0. The molecule has 1 heterocycles. The van der Waals surface area contributed by atoms with Crippen molar-refractivity contribution in [3.63, 3.8) is 0 Å². The Labute approximate surface area is 110 Å². The van der Waals surface area contributed by atoms with Crippen LogP contribution in [0.3, 0.4) is 0 Å². The van der Waals surface area contributed by atoms with Crippen LogP contribution in [0.5, 0.6) is 0 Å². The highest BCUT2D eigenvalue weighted by atomic mass is 16.2. The van der Waals surface area contributed by atoms with Gasteiger partial charge in [0.15, 0.2) is 0 Å². The van der Waals surface area contributed by atoms with E-state index in [1.807, 2.05) is 0 Å². The Kier molecular flexibility index (Phi) is 4.62. The Bertz CT molecular complexity index is 281. The third-order valence-corrected chi connectivity index (χ3v) is 4.52. The molecule has 1 saturated carbocycles. The number of carbonyl (C=O) groups excluding carboxylic acids is 1. The molecule has 1 amide bonds. The van der Waals surface area contributed by atoms with E-state index >= 15 is 0 Å². The van der Waals surface area contributed by atoms with Gasteiger partial charge in [-0.1, -0.05) is 19.3 Å². The van der Waals surface area contributed by atoms with Crippen LogP contribution in [0.4, 0.5) is 0 Å². The second-order valence-corrected chi connectivity index (χ2v) is 6.02. The highest BCUT2D eigenvalue weighted by Gasteiger charge is 2.35. The van der Waals surface area contributed by atoms with Gasteiger partial charge in [-0.25, -0.2) is 0 Å². The van der Waals surface area contributed by atoms with Crippen LogP contribution in [0.2, 0.25) is 0 Å². The molecule has 0 aromatic carbocycles. The van der Waals surface area contributed by atoms with Crippen molar-refractivity contribution >= 4 is 5.91 Å². The summed E-state index contributed by atoms with van der Waals surface area (Å²) < 4.78 is 0. The van der Waals surface area contributed by atoms with E-state index in [2.05, 4.69) is 17.1 Å². The molecule has 18 heavy (non-hydrogen) atoms. The molecule has 1 aliphatic carbocycles. The summed E-state index contributed by atoms with van der Waals surface area (Å²) in [5.74, 6) is 0.0632. The summed E-state index contributed by atoms with van der Waals surface area (Å²) in [4.78, 5) is 14.6. The van der Waals surface area contributed by atoms with E-state index in [0.717, 1.165) is 32.2 Å². The van der Waals surface area contributed by atoms with E-state index in [0.29, 0.717) is 6.04 Å². The van der Waals surface area contributed by atoms with Gasteiger partial charge in [-0.2, -0.15) is 0 Å². The first-order valence-corrected chi connectivity index (χ1v) is 7.43. The predicted octanol–water partition coefficient (Wildman–Crippen LogP) is 1.25. The van der Waals surface area contributed by atoms with E-state index in [1.165, 1.54) is 32.4 Å². The summed E-state index contributed by atoms with van der Waals surface area (Å²) in [6, 6.07) is 0.434.